The van der Waals surface area contributed by atoms with E-state index in [9.17, 15) is 0 Å². The van der Waals surface area contributed by atoms with Crippen molar-refractivity contribution in [1.82, 2.24) is 0 Å². The van der Waals surface area contributed by atoms with Crippen LogP contribution in [0.2, 0.25) is 0 Å². The molecule has 82 valence electrons. The third-order valence-corrected chi connectivity index (χ3v) is 6.39. The zero-order valence-corrected chi connectivity index (χ0v) is 10.9. The molecule has 1 aliphatic carbocycles. The Kier molecular flexibility index (Phi) is 2.66. The Morgan fingerprint density at radius 2 is 1.57 bits per heavy atom. The first-order valence-electron chi connectivity index (χ1n) is 6.15. The monoisotopic (exact) mass is 212 g/mol. The Morgan fingerprint density at radius 1 is 1.00 bits per heavy atom. The second kappa shape index (κ2) is 3.43. The molecule has 0 aromatic heterocycles. The molecular formula is C13H24S. The van der Waals surface area contributed by atoms with Gasteiger partial charge in [0.15, 0.2) is 0 Å². The van der Waals surface area contributed by atoms with E-state index in [1.807, 2.05) is 0 Å². The molecule has 0 aromatic rings. The van der Waals surface area contributed by atoms with Crippen LogP contribution in [0.3, 0.4) is 0 Å². The van der Waals surface area contributed by atoms with Gasteiger partial charge in [-0.15, -0.1) is 0 Å². The maximum absolute atomic E-state index is 2.42. The van der Waals surface area contributed by atoms with Gasteiger partial charge in [-0.1, -0.05) is 27.7 Å². The molecular weight excluding hydrogens is 188 g/mol. The van der Waals surface area contributed by atoms with Crippen molar-refractivity contribution in [1.29, 1.82) is 0 Å². The second-order valence-electron chi connectivity index (χ2n) is 6.03. The number of thioether (sulfide) groups is 1. The fourth-order valence-corrected chi connectivity index (χ4v) is 5.42. The van der Waals surface area contributed by atoms with Crippen molar-refractivity contribution in [3.63, 3.8) is 0 Å². The van der Waals surface area contributed by atoms with Crippen LogP contribution >= 0.6 is 11.8 Å². The summed E-state index contributed by atoms with van der Waals surface area (Å²) >= 11 is 2.27. The van der Waals surface area contributed by atoms with E-state index in [0.717, 1.165) is 16.6 Å². The van der Waals surface area contributed by atoms with Gasteiger partial charge in [0, 0.05) is 4.75 Å². The molecule has 2 aliphatic rings. The van der Waals surface area contributed by atoms with Gasteiger partial charge in [0.2, 0.25) is 0 Å². The van der Waals surface area contributed by atoms with Gasteiger partial charge in [-0.05, 0) is 48.7 Å². The van der Waals surface area contributed by atoms with Crippen molar-refractivity contribution in [2.45, 2.75) is 58.1 Å². The highest BCUT2D eigenvalue weighted by molar-refractivity contribution is 8.00. The summed E-state index contributed by atoms with van der Waals surface area (Å²) < 4.78 is 0.731. The molecule has 14 heavy (non-hydrogen) atoms. The molecule has 0 amide bonds. The Morgan fingerprint density at radius 3 is 1.93 bits per heavy atom. The first-order valence-corrected chi connectivity index (χ1v) is 7.13. The van der Waals surface area contributed by atoms with Gasteiger partial charge in [-0.2, -0.15) is 11.8 Å². The van der Waals surface area contributed by atoms with Crippen LogP contribution in [0.25, 0.3) is 0 Å². The summed E-state index contributed by atoms with van der Waals surface area (Å²) in [6.45, 7) is 9.69. The Hall–Kier alpha value is 0.350. The average molecular weight is 212 g/mol. The van der Waals surface area contributed by atoms with E-state index in [4.69, 9.17) is 0 Å². The van der Waals surface area contributed by atoms with E-state index in [1.54, 1.807) is 0 Å². The maximum Gasteiger partial charge on any atom is 0.0171 e. The molecule has 2 rings (SSSR count). The average Bonchev–Trinajstić information content (AvgIpc) is 2.46. The molecule has 1 saturated carbocycles. The Bertz CT molecular complexity index is 193. The van der Waals surface area contributed by atoms with Gasteiger partial charge in [0.1, 0.15) is 0 Å². The smallest absolute Gasteiger partial charge is 0.0171 e. The third-order valence-electron chi connectivity index (χ3n) is 4.79. The molecule has 0 radical (unpaired) electrons. The molecule has 0 nitrogen and oxygen atoms in total. The van der Waals surface area contributed by atoms with E-state index in [0.29, 0.717) is 5.41 Å². The standard InChI is InChI=1S/C13H24S/c1-10(2)13(11(3)4)8-12(9-13)6-5-7-14-12/h10-11H,5-9H2,1-4H3. The molecule has 0 aromatic carbocycles. The predicted molar refractivity (Wildman–Crippen MR) is 65.8 cm³/mol. The van der Waals surface area contributed by atoms with Gasteiger partial charge < -0.3 is 0 Å². The summed E-state index contributed by atoms with van der Waals surface area (Å²) in [6.07, 6.45) is 5.97. The molecule has 1 heteroatoms. The van der Waals surface area contributed by atoms with Crippen molar-refractivity contribution < 1.29 is 0 Å². The normalized spacial score (nSPS) is 28.7. The minimum absolute atomic E-state index is 0.678. The minimum atomic E-state index is 0.678. The van der Waals surface area contributed by atoms with Crippen LogP contribution in [0.1, 0.15) is 53.4 Å². The quantitative estimate of drug-likeness (QED) is 0.656. The summed E-state index contributed by atoms with van der Waals surface area (Å²) in [5.74, 6) is 3.16. The lowest BCUT2D eigenvalue weighted by molar-refractivity contribution is -0.0210. The zero-order chi connectivity index (χ0) is 10.4. The summed E-state index contributed by atoms with van der Waals surface area (Å²) in [7, 11) is 0. The van der Waals surface area contributed by atoms with Crippen LogP contribution in [0, 0.1) is 17.3 Å². The van der Waals surface area contributed by atoms with Crippen LogP contribution in [-0.4, -0.2) is 10.5 Å². The highest BCUT2D eigenvalue weighted by Crippen LogP contribution is 2.66. The summed E-state index contributed by atoms with van der Waals surface area (Å²) in [5, 5.41) is 0. The Balaban J connectivity index is 2.06. The van der Waals surface area contributed by atoms with Crippen molar-refractivity contribution >= 4 is 11.8 Å². The van der Waals surface area contributed by atoms with Crippen LogP contribution in [0.5, 0.6) is 0 Å². The molecule has 2 fully saturated rings. The van der Waals surface area contributed by atoms with Gasteiger partial charge in [-0.25, -0.2) is 0 Å². The molecule has 0 unspecified atom stereocenters. The highest BCUT2D eigenvalue weighted by atomic mass is 32.2. The van der Waals surface area contributed by atoms with Crippen molar-refractivity contribution in [3.8, 4) is 0 Å². The third kappa shape index (κ3) is 1.43. The zero-order valence-electron chi connectivity index (χ0n) is 10.1. The molecule has 1 heterocycles. The number of hydrogen-bond donors (Lipinski definition) is 0. The van der Waals surface area contributed by atoms with Crippen molar-refractivity contribution in [2.75, 3.05) is 5.75 Å². The van der Waals surface area contributed by atoms with Crippen LogP contribution in [-0.2, 0) is 0 Å². The SMILES string of the molecule is CC(C)C1(C(C)C)CC2(CCCS2)C1. The number of hydrogen-bond acceptors (Lipinski definition) is 1. The lowest BCUT2D eigenvalue weighted by Gasteiger charge is -2.59. The minimum Gasteiger partial charge on any atom is -0.155 e. The van der Waals surface area contributed by atoms with Gasteiger partial charge in [0.05, 0.1) is 0 Å². The molecule has 0 bridgehead atoms. The van der Waals surface area contributed by atoms with E-state index < -0.39 is 0 Å². The molecule has 1 spiro atoms. The molecule has 0 atom stereocenters. The lowest BCUT2D eigenvalue weighted by Crippen LogP contribution is -2.54. The van der Waals surface area contributed by atoms with Gasteiger partial charge in [0.25, 0.3) is 0 Å². The maximum atomic E-state index is 2.42. The van der Waals surface area contributed by atoms with Crippen LogP contribution < -0.4 is 0 Å². The van der Waals surface area contributed by atoms with Crippen LogP contribution in [0.4, 0.5) is 0 Å². The first kappa shape index (κ1) is 10.9. The fraction of sp³-hybridized carbons (Fsp3) is 1.00. The highest BCUT2D eigenvalue weighted by Gasteiger charge is 2.58. The first-order chi connectivity index (χ1) is 6.51. The van der Waals surface area contributed by atoms with E-state index in [-0.39, 0.29) is 0 Å². The van der Waals surface area contributed by atoms with Gasteiger partial charge >= 0.3 is 0 Å². The number of rotatable bonds is 2. The van der Waals surface area contributed by atoms with E-state index >= 15 is 0 Å². The summed E-state index contributed by atoms with van der Waals surface area (Å²) in [5.41, 5.74) is 0.678. The summed E-state index contributed by atoms with van der Waals surface area (Å²) in [6, 6.07) is 0. The van der Waals surface area contributed by atoms with Gasteiger partial charge in [-0.3, -0.25) is 0 Å². The van der Waals surface area contributed by atoms with Crippen LogP contribution in [0.15, 0.2) is 0 Å². The lowest BCUT2D eigenvalue weighted by atomic mass is 9.51. The molecule has 1 saturated heterocycles. The topological polar surface area (TPSA) is 0 Å². The predicted octanol–water partition coefficient (Wildman–Crippen LogP) is 4.34. The van der Waals surface area contributed by atoms with E-state index in [1.165, 1.54) is 31.4 Å². The molecule has 1 aliphatic heterocycles. The summed E-state index contributed by atoms with van der Waals surface area (Å²) in [4.78, 5) is 0. The molecule has 0 N–H and O–H groups in total. The fourth-order valence-electron chi connectivity index (χ4n) is 3.67. The Labute approximate surface area is 93.2 Å². The van der Waals surface area contributed by atoms with Crippen molar-refractivity contribution in [3.05, 3.63) is 0 Å². The second-order valence-corrected chi connectivity index (χ2v) is 7.59. The largest absolute Gasteiger partial charge is 0.155 e. The van der Waals surface area contributed by atoms with E-state index in [2.05, 4.69) is 39.5 Å². The van der Waals surface area contributed by atoms with Crippen molar-refractivity contribution in [2.24, 2.45) is 17.3 Å².